The third kappa shape index (κ3) is 4.79. The number of morpholine rings is 1. The maximum atomic E-state index is 13.0. The number of sulfonamides is 1. The van der Waals surface area contributed by atoms with E-state index in [1.54, 1.807) is 36.4 Å². The molecular weight excluding hydrogens is 468 g/mol. The number of non-ortho nitro benzene ring substituents is 1. The Labute approximate surface area is 196 Å². The van der Waals surface area contributed by atoms with Gasteiger partial charge in [-0.15, -0.1) is 0 Å². The fourth-order valence-electron chi connectivity index (χ4n) is 3.74. The molecule has 1 aromatic heterocycles. The van der Waals surface area contributed by atoms with Crippen molar-refractivity contribution < 1.29 is 18.1 Å². The number of imidazole rings is 1. The van der Waals surface area contributed by atoms with Gasteiger partial charge in [0.15, 0.2) is 5.82 Å². The summed E-state index contributed by atoms with van der Waals surface area (Å²) in [6, 6.07) is 11.0. The van der Waals surface area contributed by atoms with Gasteiger partial charge in [0.25, 0.3) is 5.69 Å². The number of rotatable bonds is 7. The molecule has 2 heterocycles. The molecule has 0 bridgehead atoms. The summed E-state index contributed by atoms with van der Waals surface area (Å²) in [5.74, 6) is 0.507. The highest BCUT2D eigenvalue weighted by atomic mass is 35.5. The van der Waals surface area contributed by atoms with Crippen LogP contribution in [0.4, 0.5) is 5.69 Å². The Bertz CT molecular complexity index is 1310. The van der Waals surface area contributed by atoms with Crippen LogP contribution in [-0.2, 0) is 21.3 Å². The van der Waals surface area contributed by atoms with Crippen molar-refractivity contribution in [1.29, 1.82) is 0 Å². The summed E-state index contributed by atoms with van der Waals surface area (Å²) in [4.78, 5) is 15.2. The highest BCUT2D eigenvalue weighted by Gasteiger charge is 2.27. The van der Waals surface area contributed by atoms with Gasteiger partial charge in [-0.1, -0.05) is 18.5 Å². The highest BCUT2D eigenvalue weighted by Crippen LogP contribution is 2.29. The average molecular weight is 491 g/mol. The molecule has 33 heavy (non-hydrogen) atoms. The van der Waals surface area contributed by atoms with Crippen LogP contribution >= 0.6 is 11.6 Å². The largest absolute Gasteiger partial charge is 0.379 e. The van der Waals surface area contributed by atoms with Crippen LogP contribution in [0.3, 0.4) is 0 Å². The van der Waals surface area contributed by atoms with Gasteiger partial charge < -0.3 is 9.30 Å². The van der Waals surface area contributed by atoms with E-state index in [2.05, 4.69) is 4.98 Å². The van der Waals surface area contributed by atoms with Crippen LogP contribution in [0.2, 0.25) is 0 Å². The van der Waals surface area contributed by atoms with Crippen LogP contribution in [0.1, 0.15) is 24.7 Å². The lowest BCUT2D eigenvalue weighted by Crippen LogP contribution is -2.40. The number of aryl methyl sites for hydroxylation is 1. The Morgan fingerprint density at radius 3 is 2.55 bits per heavy atom. The highest BCUT2D eigenvalue weighted by molar-refractivity contribution is 7.89. The molecule has 1 aliphatic heterocycles. The Hall–Kier alpha value is -2.79. The third-order valence-corrected chi connectivity index (χ3v) is 7.56. The van der Waals surface area contributed by atoms with Gasteiger partial charge >= 0.3 is 0 Å². The van der Waals surface area contributed by atoms with E-state index in [9.17, 15) is 18.5 Å². The smallest absolute Gasteiger partial charge is 0.269 e. The molecular formula is C22H23ClN4O5S. The fourth-order valence-corrected chi connectivity index (χ4v) is 5.44. The molecule has 1 saturated heterocycles. The number of hydrogen-bond donors (Lipinski definition) is 0. The minimum Gasteiger partial charge on any atom is -0.379 e. The third-order valence-electron chi connectivity index (χ3n) is 5.39. The molecule has 1 aliphatic rings. The van der Waals surface area contributed by atoms with Gasteiger partial charge in [0.1, 0.15) is 0 Å². The van der Waals surface area contributed by atoms with Crippen molar-refractivity contribution in [3.05, 3.63) is 64.0 Å². The van der Waals surface area contributed by atoms with Crippen molar-refractivity contribution >= 4 is 49.5 Å². The van der Waals surface area contributed by atoms with Crippen molar-refractivity contribution in [2.75, 3.05) is 26.3 Å². The maximum absolute atomic E-state index is 13.0. The predicted octanol–water partition coefficient (Wildman–Crippen LogP) is 4.11. The monoisotopic (exact) mass is 490 g/mol. The molecule has 0 aliphatic carbocycles. The second kappa shape index (κ2) is 9.60. The van der Waals surface area contributed by atoms with Gasteiger partial charge in [-0.2, -0.15) is 4.31 Å². The lowest BCUT2D eigenvalue weighted by molar-refractivity contribution is -0.384. The molecule has 0 radical (unpaired) electrons. The van der Waals surface area contributed by atoms with Gasteiger partial charge in [-0.3, -0.25) is 10.1 Å². The molecule has 0 N–H and O–H groups in total. The van der Waals surface area contributed by atoms with E-state index < -0.39 is 14.9 Å². The standard InChI is InChI=1S/C22H23ClN4O5S/c1-2-9-26-21-8-7-18(33(30,31)25-10-12-32-13-11-25)15-20(21)24-22(26)19(23)14-16-3-5-17(6-4-16)27(28)29/h3-8,14-15H,2,9-13H2,1H3/b19-14-. The molecule has 0 atom stereocenters. The summed E-state index contributed by atoms with van der Waals surface area (Å²) >= 11 is 6.61. The molecule has 1 fully saturated rings. The van der Waals surface area contributed by atoms with E-state index in [0.29, 0.717) is 54.8 Å². The Morgan fingerprint density at radius 2 is 1.91 bits per heavy atom. The summed E-state index contributed by atoms with van der Waals surface area (Å²) in [5, 5.41) is 11.2. The van der Waals surface area contributed by atoms with Crippen LogP contribution < -0.4 is 0 Å². The zero-order valence-electron chi connectivity index (χ0n) is 18.0. The van der Waals surface area contributed by atoms with Crippen LogP contribution in [-0.4, -0.2) is 53.5 Å². The molecule has 0 amide bonds. The van der Waals surface area contributed by atoms with Crippen molar-refractivity contribution in [1.82, 2.24) is 13.9 Å². The van der Waals surface area contributed by atoms with Crippen LogP contribution in [0.25, 0.3) is 22.1 Å². The van der Waals surface area contributed by atoms with Crippen LogP contribution in [0.15, 0.2) is 47.4 Å². The van der Waals surface area contributed by atoms with E-state index in [1.165, 1.54) is 16.4 Å². The number of aromatic nitrogens is 2. The molecule has 9 nitrogen and oxygen atoms in total. The number of nitro benzene ring substituents is 1. The maximum Gasteiger partial charge on any atom is 0.269 e. The van der Waals surface area contributed by atoms with E-state index in [0.717, 1.165) is 11.9 Å². The molecule has 0 saturated carbocycles. The van der Waals surface area contributed by atoms with Gasteiger partial charge in [-0.05, 0) is 48.4 Å². The predicted molar refractivity (Wildman–Crippen MR) is 126 cm³/mol. The fraction of sp³-hybridized carbons (Fsp3) is 0.318. The molecule has 11 heteroatoms. The first-order valence-electron chi connectivity index (χ1n) is 10.5. The summed E-state index contributed by atoms with van der Waals surface area (Å²) in [5.41, 5.74) is 2.00. The van der Waals surface area contributed by atoms with Gasteiger partial charge in [0.2, 0.25) is 10.0 Å². The molecule has 4 rings (SSSR count). The Balaban J connectivity index is 1.73. The van der Waals surface area contributed by atoms with Crippen LogP contribution in [0.5, 0.6) is 0 Å². The number of nitro groups is 1. The van der Waals surface area contributed by atoms with Crippen molar-refractivity contribution in [2.45, 2.75) is 24.8 Å². The molecule has 0 unspecified atom stereocenters. The zero-order valence-corrected chi connectivity index (χ0v) is 19.6. The van der Waals surface area contributed by atoms with Gasteiger partial charge in [-0.25, -0.2) is 13.4 Å². The number of fused-ring (bicyclic) bond motifs is 1. The number of hydrogen-bond acceptors (Lipinski definition) is 6. The van der Waals surface area contributed by atoms with E-state index >= 15 is 0 Å². The minimum absolute atomic E-state index is 0.00417. The van der Waals surface area contributed by atoms with Crippen molar-refractivity contribution in [3.63, 3.8) is 0 Å². The average Bonchev–Trinajstić information content (AvgIpc) is 3.18. The number of ether oxygens (including phenoxy) is 1. The first-order chi connectivity index (χ1) is 15.8. The first-order valence-corrected chi connectivity index (χ1v) is 12.3. The minimum atomic E-state index is -3.65. The summed E-state index contributed by atoms with van der Waals surface area (Å²) in [6.07, 6.45) is 2.51. The molecule has 0 spiro atoms. The topological polar surface area (TPSA) is 108 Å². The summed E-state index contributed by atoms with van der Waals surface area (Å²) in [6.45, 7) is 4.06. The van der Waals surface area contributed by atoms with Gasteiger partial charge in [0.05, 0.1) is 39.1 Å². The number of halogens is 1. The first kappa shape index (κ1) is 23.4. The Morgan fingerprint density at radius 1 is 1.21 bits per heavy atom. The van der Waals surface area contributed by atoms with E-state index in [-0.39, 0.29) is 10.6 Å². The van der Waals surface area contributed by atoms with Crippen LogP contribution in [0, 0.1) is 10.1 Å². The number of nitrogens with zero attached hydrogens (tertiary/aromatic N) is 4. The second-order valence-electron chi connectivity index (χ2n) is 7.59. The second-order valence-corrected chi connectivity index (χ2v) is 9.94. The summed E-state index contributed by atoms with van der Waals surface area (Å²) < 4.78 is 34.7. The van der Waals surface area contributed by atoms with Crippen molar-refractivity contribution in [3.8, 4) is 0 Å². The quantitative estimate of drug-likeness (QED) is 0.364. The lowest BCUT2D eigenvalue weighted by atomic mass is 10.2. The normalized spacial score (nSPS) is 15.8. The van der Waals surface area contributed by atoms with Gasteiger partial charge in [0, 0.05) is 31.8 Å². The summed E-state index contributed by atoms with van der Waals surface area (Å²) in [7, 11) is -3.65. The van der Waals surface area contributed by atoms with E-state index in [1.807, 2.05) is 11.5 Å². The molecule has 3 aromatic rings. The lowest BCUT2D eigenvalue weighted by Gasteiger charge is -2.26. The SMILES string of the molecule is CCCn1c(/C(Cl)=C/c2ccc([N+](=O)[O-])cc2)nc2cc(S(=O)(=O)N3CCOCC3)ccc21. The molecule has 2 aromatic carbocycles. The Kier molecular flexibility index (Phi) is 6.80. The van der Waals surface area contributed by atoms with Crippen molar-refractivity contribution in [2.24, 2.45) is 0 Å². The number of benzene rings is 2. The van der Waals surface area contributed by atoms with E-state index in [4.69, 9.17) is 16.3 Å². The zero-order chi connectivity index (χ0) is 23.6. The molecule has 174 valence electrons.